The summed E-state index contributed by atoms with van der Waals surface area (Å²) in [7, 11) is 0. The number of rotatable bonds is 5. The molecule has 0 aliphatic rings. The summed E-state index contributed by atoms with van der Waals surface area (Å²) in [5, 5.41) is 0. The van der Waals surface area contributed by atoms with Gasteiger partial charge in [0.25, 0.3) is 0 Å². The standard InChI is InChI=1S/C12H20O2/c1-6-12(4,5)9-10(3)8-11(13)14-7-2/h6,8H,1,7,9H2,2-5H3/b10-8+. The van der Waals surface area contributed by atoms with Gasteiger partial charge in [-0.25, -0.2) is 4.79 Å². The molecule has 2 heteroatoms. The third-order valence-electron chi connectivity index (χ3n) is 1.94. The highest BCUT2D eigenvalue weighted by Crippen LogP contribution is 2.25. The van der Waals surface area contributed by atoms with Crippen molar-refractivity contribution in [1.82, 2.24) is 0 Å². The number of ether oxygens (including phenoxy) is 1. The fraction of sp³-hybridized carbons (Fsp3) is 0.583. The van der Waals surface area contributed by atoms with Gasteiger partial charge in [-0.15, -0.1) is 6.58 Å². The summed E-state index contributed by atoms with van der Waals surface area (Å²) in [6.45, 7) is 12.1. The molecule has 0 heterocycles. The zero-order valence-corrected chi connectivity index (χ0v) is 9.59. The summed E-state index contributed by atoms with van der Waals surface area (Å²) in [6.07, 6.45) is 4.28. The van der Waals surface area contributed by atoms with Gasteiger partial charge in [-0.2, -0.15) is 0 Å². The number of hydrogen-bond donors (Lipinski definition) is 0. The molecule has 0 radical (unpaired) electrons. The Morgan fingerprint density at radius 1 is 1.50 bits per heavy atom. The largest absolute Gasteiger partial charge is 0.463 e. The Balaban J connectivity index is 4.26. The molecule has 0 N–H and O–H groups in total. The second kappa shape index (κ2) is 5.63. The average Bonchev–Trinajstić information content (AvgIpc) is 2.03. The van der Waals surface area contributed by atoms with Gasteiger partial charge in [0.05, 0.1) is 6.61 Å². The van der Waals surface area contributed by atoms with E-state index < -0.39 is 0 Å². The molecule has 0 fully saturated rings. The molecule has 0 bridgehead atoms. The number of esters is 1. The Morgan fingerprint density at radius 3 is 2.50 bits per heavy atom. The van der Waals surface area contributed by atoms with E-state index in [2.05, 4.69) is 20.4 Å². The van der Waals surface area contributed by atoms with E-state index in [1.165, 1.54) is 0 Å². The average molecular weight is 196 g/mol. The van der Waals surface area contributed by atoms with Crippen LogP contribution in [0.3, 0.4) is 0 Å². The van der Waals surface area contributed by atoms with Crippen LogP contribution in [0.5, 0.6) is 0 Å². The Hall–Kier alpha value is -1.05. The first-order valence-corrected chi connectivity index (χ1v) is 4.89. The van der Waals surface area contributed by atoms with Gasteiger partial charge in [-0.3, -0.25) is 0 Å². The molecule has 0 saturated carbocycles. The lowest BCUT2D eigenvalue weighted by Crippen LogP contribution is -2.08. The number of allylic oxidation sites excluding steroid dienone is 2. The third kappa shape index (κ3) is 5.57. The summed E-state index contributed by atoms with van der Waals surface area (Å²) in [5.41, 5.74) is 1.06. The van der Waals surface area contributed by atoms with Crippen molar-refractivity contribution in [1.29, 1.82) is 0 Å². The second-order valence-corrected chi connectivity index (χ2v) is 4.11. The summed E-state index contributed by atoms with van der Waals surface area (Å²) >= 11 is 0. The first kappa shape index (κ1) is 12.9. The molecule has 14 heavy (non-hydrogen) atoms. The predicted molar refractivity (Wildman–Crippen MR) is 59.0 cm³/mol. The highest BCUT2D eigenvalue weighted by Gasteiger charge is 2.13. The van der Waals surface area contributed by atoms with E-state index in [4.69, 9.17) is 4.74 Å². The van der Waals surface area contributed by atoms with Crippen molar-refractivity contribution >= 4 is 5.97 Å². The molecule has 80 valence electrons. The molecule has 2 nitrogen and oxygen atoms in total. The van der Waals surface area contributed by atoms with Gasteiger partial charge in [0.2, 0.25) is 0 Å². The minimum Gasteiger partial charge on any atom is -0.463 e. The van der Waals surface area contributed by atoms with Gasteiger partial charge in [-0.05, 0) is 25.7 Å². The van der Waals surface area contributed by atoms with Crippen molar-refractivity contribution in [3.8, 4) is 0 Å². The molecule has 0 amide bonds. The van der Waals surface area contributed by atoms with Crippen molar-refractivity contribution in [2.24, 2.45) is 5.41 Å². The topological polar surface area (TPSA) is 26.3 Å². The summed E-state index contributed by atoms with van der Waals surface area (Å²) in [6, 6.07) is 0. The lowest BCUT2D eigenvalue weighted by atomic mass is 9.86. The first-order chi connectivity index (χ1) is 6.41. The fourth-order valence-corrected chi connectivity index (χ4v) is 1.23. The van der Waals surface area contributed by atoms with Crippen LogP contribution in [0.4, 0.5) is 0 Å². The van der Waals surface area contributed by atoms with Gasteiger partial charge >= 0.3 is 5.97 Å². The maximum atomic E-state index is 11.1. The van der Waals surface area contributed by atoms with Crippen molar-refractivity contribution in [3.05, 3.63) is 24.3 Å². The summed E-state index contributed by atoms with van der Waals surface area (Å²) in [4.78, 5) is 11.1. The SMILES string of the molecule is C=CC(C)(C)C/C(C)=C/C(=O)OCC. The first-order valence-electron chi connectivity index (χ1n) is 4.89. The molecule has 0 spiro atoms. The lowest BCUT2D eigenvalue weighted by Gasteiger charge is -2.19. The summed E-state index contributed by atoms with van der Waals surface area (Å²) in [5.74, 6) is -0.259. The maximum absolute atomic E-state index is 11.1. The zero-order valence-electron chi connectivity index (χ0n) is 9.59. The van der Waals surface area contributed by atoms with E-state index in [-0.39, 0.29) is 11.4 Å². The number of hydrogen-bond acceptors (Lipinski definition) is 2. The monoisotopic (exact) mass is 196 g/mol. The highest BCUT2D eigenvalue weighted by atomic mass is 16.5. The van der Waals surface area contributed by atoms with Crippen LogP contribution >= 0.6 is 0 Å². The molecule has 0 aliphatic carbocycles. The van der Waals surface area contributed by atoms with Crippen LogP contribution in [0.2, 0.25) is 0 Å². The minimum atomic E-state index is -0.259. The van der Waals surface area contributed by atoms with Gasteiger partial charge < -0.3 is 4.74 Å². The van der Waals surface area contributed by atoms with Crippen LogP contribution in [-0.4, -0.2) is 12.6 Å². The van der Waals surface area contributed by atoms with Crippen LogP contribution in [0.1, 0.15) is 34.1 Å². The van der Waals surface area contributed by atoms with Crippen molar-refractivity contribution in [2.75, 3.05) is 6.61 Å². The molecule has 0 aromatic rings. The fourth-order valence-electron chi connectivity index (χ4n) is 1.23. The lowest BCUT2D eigenvalue weighted by molar-refractivity contribution is -0.137. The van der Waals surface area contributed by atoms with Crippen molar-refractivity contribution in [2.45, 2.75) is 34.1 Å². The van der Waals surface area contributed by atoms with Gasteiger partial charge in [0, 0.05) is 6.08 Å². The number of carbonyl (C=O) groups is 1. The Labute approximate surface area is 86.6 Å². The minimum absolute atomic E-state index is 0.0348. The molecule has 0 rings (SSSR count). The molecule has 0 aromatic heterocycles. The molecular formula is C12H20O2. The van der Waals surface area contributed by atoms with E-state index in [0.29, 0.717) is 6.61 Å². The number of carbonyl (C=O) groups excluding carboxylic acids is 1. The zero-order chi connectivity index (χ0) is 11.2. The van der Waals surface area contributed by atoms with E-state index in [0.717, 1.165) is 12.0 Å². The molecule has 0 saturated heterocycles. The van der Waals surface area contributed by atoms with Crippen molar-refractivity contribution in [3.63, 3.8) is 0 Å². The third-order valence-corrected chi connectivity index (χ3v) is 1.94. The second-order valence-electron chi connectivity index (χ2n) is 4.11. The predicted octanol–water partition coefficient (Wildman–Crippen LogP) is 3.10. The Bertz CT molecular complexity index is 237. The molecule has 0 aliphatic heterocycles. The molecule has 0 unspecified atom stereocenters. The highest BCUT2D eigenvalue weighted by molar-refractivity contribution is 5.82. The van der Waals surface area contributed by atoms with E-state index >= 15 is 0 Å². The maximum Gasteiger partial charge on any atom is 0.330 e. The van der Waals surface area contributed by atoms with E-state index in [9.17, 15) is 4.79 Å². The molecule has 0 aromatic carbocycles. The van der Waals surface area contributed by atoms with Crippen molar-refractivity contribution < 1.29 is 9.53 Å². The van der Waals surface area contributed by atoms with E-state index in [1.807, 2.05) is 13.0 Å². The normalized spacial score (nSPS) is 12.4. The molecule has 0 atom stereocenters. The van der Waals surface area contributed by atoms with Crippen LogP contribution in [0, 0.1) is 5.41 Å². The van der Waals surface area contributed by atoms with Crippen LogP contribution in [0.25, 0.3) is 0 Å². The quantitative estimate of drug-likeness (QED) is 0.383. The Kier molecular flexibility index (Phi) is 5.21. The van der Waals surface area contributed by atoms with Crippen LogP contribution < -0.4 is 0 Å². The van der Waals surface area contributed by atoms with Crippen LogP contribution in [0.15, 0.2) is 24.3 Å². The Morgan fingerprint density at radius 2 is 2.07 bits per heavy atom. The smallest absolute Gasteiger partial charge is 0.330 e. The van der Waals surface area contributed by atoms with Crippen LogP contribution in [-0.2, 0) is 9.53 Å². The molecular weight excluding hydrogens is 176 g/mol. The van der Waals surface area contributed by atoms with Gasteiger partial charge in [-0.1, -0.05) is 25.5 Å². The summed E-state index contributed by atoms with van der Waals surface area (Å²) < 4.78 is 4.82. The van der Waals surface area contributed by atoms with Gasteiger partial charge in [0.15, 0.2) is 0 Å². The van der Waals surface area contributed by atoms with Gasteiger partial charge in [0.1, 0.15) is 0 Å². The van der Waals surface area contributed by atoms with E-state index in [1.54, 1.807) is 13.0 Å².